The van der Waals surface area contributed by atoms with E-state index in [1.54, 1.807) is 0 Å². The van der Waals surface area contributed by atoms with Crippen LogP contribution in [0.3, 0.4) is 0 Å². The highest BCUT2D eigenvalue weighted by Gasteiger charge is 2.12. The zero-order chi connectivity index (χ0) is 11.0. The quantitative estimate of drug-likeness (QED) is 0.399. The summed E-state index contributed by atoms with van der Waals surface area (Å²) in [5.74, 6) is -0.191. The van der Waals surface area contributed by atoms with Crippen molar-refractivity contribution in [3.8, 4) is 0 Å². The minimum atomic E-state index is -3.81. The molecule has 1 N–H and O–H groups in total. The van der Waals surface area contributed by atoms with E-state index in [1.165, 1.54) is 7.11 Å². The second-order valence-electron chi connectivity index (χ2n) is 2.94. The Morgan fingerprint density at radius 1 is 1.21 bits per heavy atom. The topological polar surface area (TPSA) is 80.7 Å². The maximum absolute atomic E-state index is 10.8. The molecule has 1 unspecified atom stereocenters. The van der Waals surface area contributed by atoms with Crippen LogP contribution in [-0.4, -0.2) is 32.0 Å². The van der Waals surface area contributed by atoms with Crippen molar-refractivity contribution in [2.75, 3.05) is 19.0 Å². The van der Waals surface area contributed by atoms with Crippen LogP contribution in [0, 0.1) is 0 Å². The highest BCUT2D eigenvalue weighted by molar-refractivity contribution is 7.85. The second-order valence-corrected chi connectivity index (χ2v) is 5.99. The van der Waals surface area contributed by atoms with Gasteiger partial charge in [-0.15, -0.1) is 4.52 Å². The fraction of sp³-hybridized carbons (Fsp3) is 1.00. The Balaban J connectivity index is 3.27. The van der Waals surface area contributed by atoms with Crippen molar-refractivity contribution >= 4 is 18.1 Å². The lowest BCUT2D eigenvalue weighted by atomic mass is 10.2. The van der Waals surface area contributed by atoms with E-state index in [-0.39, 0.29) is 5.75 Å². The van der Waals surface area contributed by atoms with Gasteiger partial charge in [0, 0.05) is 0 Å². The Labute approximate surface area is 85.5 Å². The smallest absolute Gasteiger partial charge is 0.286 e. The van der Waals surface area contributed by atoms with Gasteiger partial charge in [0.1, 0.15) is 0 Å². The van der Waals surface area contributed by atoms with Gasteiger partial charge in [0.05, 0.1) is 12.9 Å². The van der Waals surface area contributed by atoms with E-state index in [1.807, 2.05) is 0 Å². The van der Waals surface area contributed by atoms with Crippen LogP contribution in [0.1, 0.15) is 25.7 Å². The molecule has 0 rings (SSSR count). The van der Waals surface area contributed by atoms with E-state index >= 15 is 0 Å². The van der Waals surface area contributed by atoms with Gasteiger partial charge in [0.15, 0.2) is 6.16 Å². The van der Waals surface area contributed by atoms with Gasteiger partial charge in [-0.25, -0.2) is 0 Å². The summed E-state index contributed by atoms with van der Waals surface area (Å²) in [7, 11) is -3.95. The number of rotatable bonds is 8. The monoisotopic (exact) mass is 243 g/mol. The first-order valence-electron chi connectivity index (χ1n) is 4.39. The average Bonchev–Trinajstić information content (AvgIpc) is 2.08. The maximum atomic E-state index is 10.8. The van der Waals surface area contributed by atoms with Crippen LogP contribution in [-0.2, 0) is 19.2 Å². The summed E-state index contributed by atoms with van der Waals surface area (Å²) in [6, 6.07) is 0. The zero-order valence-electron chi connectivity index (χ0n) is 8.18. The first kappa shape index (κ1) is 14.0. The van der Waals surface area contributed by atoms with Crippen LogP contribution in [0.4, 0.5) is 0 Å². The molecule has 0 bridgehead atoms. The van der Waals surface area contributed by atoms with Crippen LogP contribution in [0.25, 0.3) is 0 Å². The van der Waals surface area contributed by atoms with E-state index in [0.29, 0.717) is 19.0 Å². The molecule has 1 atom stereocenters. The van der Waals surface area contributed by atoms with Gasteiger partial charge in [-0.1, -0.05) is 6.42 Å². The molecule has 0 aromatic heterocycles. The second kappa shape index (κ2) is 7.29. The summed E-state index contributed by atoms with van der Waals surface area (Å²) in [5.41, 5.74) is 0. The Morgan fingerprint density at radius 3 is 2.29 bits per heavy atom. The lowest BCUT2D eigenvalue weighted by molar-refractivity contribution is 0.413. The van der Waals surface area contributed by atoms with E-state index in [4.69, 9.17) is 4.55 Å². The number of hydrogen-bond acceptors (Lipinski definition) is 4. The van der Waals surface area contributed by atoms with Crippen molar-refractivity contribution in [1.82, 2.24) is 0 Å². The third-order valence-electron chi connectivity index (χ3n) is 1.70. The fourth-order valence-electron chi connectivity index (χ4n) is 0.970. The molecule has 0 aromatic rings. The van der Waals surface area contributed by atoms with Gasteiger partial charge in [-0.3, -0.25) is 4.55 Å². The molecule has 0 radical (unpaired) electrons. The van der Waals surface area contributed by atoms with Crippen LogP contribution in [0.2, 0.25) is 0 Å². The van der Waals surface area contributed by atoms with Crippen molar-refractivity contribution < 1.29 is 22.1 Å². The van der Waals surface area contributed by atoms with Crippen molar-refractivity contribution in [3.63, 3.8) is 0 Å². The molecule has 0 aliphatic carbocycles. The summed E-state index contributed by atoms with van der Waals surface area (Å²) in [6.07, 6.45) is 3.24. The molecule has 7 heteroatoms. The summed E-state index contributed by atoms with van der Waals surface area (Å²) in [5, 5.41) is 0. The fourth-order valence-corrected chi connectivity index (χ4v) is 2.20. The molecule has 0 heterocycles. The van der Waals surface area contributed by atoms with Crippen LogP contribution in [0.5, 0.6) is 0 Å². The van der Waals surface area contributed by atoms with Crippen molar-refractivity contribution in [2.45, 2.75) is 25.7 Å². The molecule has 14 heavy (non-hydrogen) atoms. The minimum absolute atomic E-state index is 0.191. The minimum Gasteiger partial charge on any atom is -0.286 e. The summed E-state index contributed by atoms with van der Waals surface area (Å²) >= 11 is 0. The molecule has 0 spiro atoms. The Hall–Kier alpha value is -0.0300. The average molecular weight is 243 g/mol. The van der Waals surface area contributed by atoms with Crippen LogP contribution in [0.15, 0.2) is 0 Å². The molecular formula is C7H16O5PS+. The summed E-state index contributed by atoms with van der Waals surface area (Å²) < 4.78 is 44.4. The van der Waals surface area contributed by atoms with E-state index in [2.05, 4.69) is 4.52 Å². The summed E-state index contributed by atoms with van der Waals surface area (Å²) in [6.45, 7) is 0. The normalized spacial score (nSPS) is 12.9. The largest absolute Gasteiger partial charge is 0.507 e. The van der Waals surface area contributed by atoms with Crippen molar-refractivity contribution in [2.24, 2.45) is 0 Å². The van der Waals surface area contributed by atoms with Crippen molar-refractivity contribution in [1.29, 1.82) is 0 Å². The lowest BCUT2D eigenvalue weighted by Crippen LogP contribution is -2.03. The van der Waals surface area contributed by atoms with Gasteiger partial charge in [0.2, 0.25) is 0 Å². The van der Waals surface area contributed by atoms with Gasteiger partial charge in [0.25, 0.3) is 10.1 Å². The molecule has 0 saturated carbocycles. The third-order valence-corrected chi connectivity index (χ3v) is 3.59. The molecule has 5 nitrogen and oxygen atoms in total. The maximum Gasteiger partial charge on any atom is 0.507 e. The van der Waals surface area contributed by atoms with Gasteiger partial charge >= 0.3 is 8.03 Å². The van der Waals surface area contributed by atoms with Gasteiger partial charge in [-0.05, 0) is 23.8 Å². The lowest BCUT2D eigenvalue weighted by Gasteiger charge is -1.96. The highest BCUT2D eigenvalue weighted by atomic mass is 32.2. The first-order chi connectivity index (χ1) is 6.45. The first-order valence-corrected chi connectivity index (χ1v) is 7.37. The molecule has 0 aliphatic rings. The van der Waals surface area contributed by atoms with Gasteiger partial charge < -0.3 is 0 Å². The highest BCUT2D eigenvalue weighted by Crippen LogP contribution is 2.22. The van der Waals surface area contributed by atoms with E-state index < -0.39 is 18.1 Å². The van der Waals surface area contributed by atoms with Gasteiger partial charge in [-0.2, -0.15) is 8.42 Å². The Morgan fingerprint density at radius 2 is 1.79 bits per heavy atom. The molecular weight excluding hydrogens is 227 g/mol. The third kappa shape index (κ3) is 10.1. The Kier molecular flexibility index (Phi) is 7.27. The molecule has 0 aliphatic heterocycles. The predicted molar refractivity (Wildman–Crippen MR) is 54.4 cm³/mol. The Bertz CT molecular complexity index is 261. The van der Waals surface area contributed by atoms with E-state index in [0.717, 1.165) is 12.8 Å². The number of hydrogen-bond donors (Lipinski definition) is 1. The molecule has 0 aromatic carbocycles. The van der Waals surface area contributed by atoms with Crippen LogP contribution < -0.4 is 0 Å². The molecule has 84 valence electrons. The number of unbranched alkanes of at least 4 members (excludes halogenated alkanes) is 3. The molecule has 0 amide bonds. The summed E-state index contributed by atoms with van der Waals surface area (Å²) in [4.78, 5) is 0. The predicted octanol–water partition coefficient (Wildman–Crippen LogP) is 1.82. The van der Waals surface area contributed by atoms with Crippen LogP contribution >= 0.6 is 8.03 Å². The molecule has 0 fully saturated rings. The van der Waals surface area contributed by atoms with Crippen molar-refractivity contribution in [3.05, 3.63) is 0 Å². The standard InChI is InChI=1S/C7H15O5PS/c1-12-13(8)6-4-2-3-5-7-14(9,10)11/h2-7H2,1H3/p+1. The zero-order valence-corrected chi connectivity index (χ0v) is 9.89. The SMILES string of the molecule is CO[P+](=O)CCCCCCS(=O)(=O)O. The van der Waals surface area contributed by atoms with E-state index in [9.17, 15) is 13.0 Å². The molecule has 0 saturated heterocycles.